The molecule has 0 saturated heterocycles. The number of ether oxygens (including phenoxy) is 1. The molecule has 0 radical (unpaired) electrons. The molecule has 1 heterocycles. The van der Waals surface area contributed by atoms with E-state index in [1.54, 1.807) is 6.20 Å². The van der Waals surface area contributed by atoms with Crippen LogP contribution in [-0.4, -0.2) is 34.6 Å². The van der Waals surface area contributed by atoms with E-state index in [-0.39, 0.29) is 12.5 Å². The summed E-state index contributed by atoms with van der Waals surface area (Å²) in [6.07, 6.45) is 4.32. The third kappa shape index (κ3) is 2.81. The van der Waals surface area contributed by atoms with Crippen molar-refractivity contribution in [2.24, 2.45) is 5.92 Å². The van der Waals surface area contributed by atoms with E-state index in [9.17, 15) is 9.59 Å². The Kier molecular flexibility index (Phi) is 3.49. The van der Waals surface area contributed by atoms with Crippen LogP contribution in [0.25, 0.3) is 0 Å². The molecule has 6 nitrogen and oxygen atoms in total. The second kappa shape index (κ2) is 5.18. The lowest BCUT2D eigenvalue weighted by Crippen LogP contribution is -2.40. The second-order valence-electron chi connectivity index (χ2n) is 5.68. The highest BCUT2D eigenvalue weighted by atomic mass is 35.5. The van der Waals surface area contributed by atoms with Crippen LogP contribution >= 0.6 is 11.6 Å². The third-order valence-corrected chi connectivity index (χ3v) is 4.42. The van der Waals surface area contributed by atoms with E-state index >= 15 is 0 Å². The lowest BCUT2D eigenvalue weighted by molar-refractivity contribution is -0.110. The van der Waals surface area contributed by atoms with Gasteiger partial charge in [-0.05, 0) is 36.8 Å². The highest BCUT2D eigenvalue weighted by Crippen LogP contribution is 2.39. The smallest absolute Gasteiger partial charge is 0.405 e. The predicted molar refractivity (Wildman–Crippen MR) is 74.8 cm³/mol. The summed E-state index contributed by atoms with van der Waals surface area (Å²) in [4.78, 5) is 25.8. The minimum Gasteiger partial charge on any atom is -0.474 e. The molecule has 2 aliphatic carbocycles. The summed E-state index contributed by atoms with van der Waals surface area (Å²) in [5, 5.41) is 11.7. The van der Waals surface area contributed by atoms with Crippen molar-refractivity contribution in [1.29, 1.82) is 0 Å². The van der Waals surface area contributed by atoms with Crippen LogP contribution in [0.5, 0.6) is 5.88 Å². The van der Waals surface area contributed by atoms with Crippen LogP contribution in [0.15, 0.2) is 6.20 Å². The van der Waals surface area contributed by atoms with Crippen molar-refractivity contribution in [3.05, 3.63) is 22.3 Å². The predicted octanol–water partition coefficient (Wildman–Crippen LogP) is 1.83. The molecule has 3 rings (SSSR count). The molecule has 0 bridgehead atoms. The van der Waals surface area contributed by atoms with Crippen LogP contribution in [0.3, 0.4) is 0 Å². The Balaban J connectivity index is 1.70. The summed E-state index contributed by atoms with van der Waals surface area (Å²) in [7, 11) is 0. The number of hydrogen-bond acceptors (Lipinski definition) is 4. The quantitative estimate of drug-likeness (QED) is 0.810. The van der Waals surface area contributed by atoms with Gasteiger partial charge < -0.3 is 20.0 Å². The number of fused-ring (bicyclic) bond motifs is 1. The Hall–Kier alpha value is -1.82. The maximum Gasteiger partial charge on any atom is 0.405 e. The lowest BCUT2D eigenvalue weighted by atomic mass is 10.1. The number of carbonyl (C=O) groups excluding carboxylic acids is 1. The van der Waals surface area contributed by atoms with E-state index in [0.717, 1.165) is 30.3 Å². The van der Waals surface area contributed by atoms with Crippen LogP contribution in [0.1, 0.15) is 24.0 Å². The molecular weight excluding hydrogens is 296 g/mol. The molecule has 1 aromatic rings. The summed E-state index contributed by atoms with van der Waals surface area (Å²) in [5.41, 5.74) is 1.38. The van der Waals surface area contributed by atoms with Gasteiger partial charge in [0.15, 0.2) is 0 Å². The number of nitrogens with one attached hydrogen (secondary N) is 1. The topological polar surface area (TPSA) is 88.5 Å². The van der Waals surface area contributed by atoms with E-state index in [0.29, 0.717) is 23.7 Å². The molecular formula is C14H15ClN2O4. The van der Waals surface area contributed by atoms with Crippen molar-refractivity contribution in [2.75, 3.05) is 6.61 Å². The van der Waals surface area contributed by atoms with Crippen molar-refractivity contribution in [2.45, 2.75) is 31.2 Å². The van der Waals surface area contributed by atoms with Gasteiger partial charge in [0, 0.05) is 12.1 Å². The molecule has 0 aliphatic heterocycles. The van der Waals surface area contributed by atoms with Crippen molar-refractivity contribution in [3.63, 3.8) is 0 Å². The average molecular weight is 311 g/mol. The van der Waals surface area contributed by atoms with E-state index in [1.165, 1.54) is 0 Å². The number of rotatable bonds is 5. The first-order valence-electron chi connectivity index (χ1n) is 6.78. The molecule has 0 spiro atoms. The number of aromatic nitrogens is 1. The summed E-state index contributed by atoms with van der Waals surface area (Å²) < 4.78 is 5.60. The van der Waals surface area contributed by atoms with Gasteiger partial charge in [-0.3, -0.25) is 0 Å². The molecule has 112 valence electrons. The first-order valence-corrected chi connectivity index (χ1v) is 7.16. The Morgan fingerprint density at radius 3 is 2.95 bits per heavy atom. The minimum atomic E-state index is -1.06. The first kappa shape index (κ1) is 14.1. The fourth-order valence-corrected chi connectivity index (χ4v) is 2.94. The Bertz CT molecular complexity index is 601. The molecule has 1 amide bonds. The van der Waals surface area contributed by atoms with Crippen LogP contribution in [0, 0.1) is 5.92 Å². The molecule has 1 unspecified atom stereocenters. The highest BCUT2D eigenvalue weighted by molar-refractivity contribution is 6.32. The average Bonchev–Trinajstić information content (AvgIpc) is 3.05. The zero-order valence-electron chi connectivity index (χ0n) is 11.3. The fraction of sp³-hybridized carbons (Fsp3) is 0.500. The van der Waals surface area contributed by atoms with Gasteiger partial charge in [-0.15, -0.1) is 0 Å². The number of carbonyl (C=O) groups is 2. The van der Waals surface area contributed by atoms with Gasteiger partial charge >= 0.3 is 6.09 Å². The van der Waals surface area contributed by atoms with Crippen LogP contribution in [-0.2, 0) is 17.6 Å². The minimum absolute atomic E-state index is 0.0435. The van der Waals surface area contributed by atoms with Gasteiger partial charge in [0.05, 0.1) is 5.54 Å². The summed E-state index contributed by atoms with van der Waals surface area (Å²) in [5.74, 6) is 0.262. The van der Waals surface area contributed by atoms with E-state index in [1.807, 2.05) is 0 Å². The zero-order valence-corrected chi connectivity index (χ0v) is 12.0. The highest BCUT2D eigenvalue weighted by Gasteiger charge is 2.45. The summed E-state index contributed by atoms with van der Waals surface area (Å²) in [6.45, 7) is 0.210. The van der Waals surface area contributed by atoms with Crippen molar-refractivity contribution in [3.8, 4) is 5.88 Å². The van der Waals surface area contributed by atoms with Gasteiger partial charge in [-0.1, -0.05) is 11.6 Å². The van der Waals surface area contributed by atoms with Gasteiger partial charge in [0.25, 0.3) is 0 Å². The molecule has 2 aliphatic rings. The maximum absolute atomic E-state index is 10.9. The van der Waals surface area contributed by atoms with Gasteiger partial charge in [0.1, 0.15) is 17.9 Å². The normalized spacial score (nSPS) is 21.5. The largest absolute Gasteiger partial charge is 0.474 e. The molecule has 21 heavy (non-hydrogen) atoms. The molecule has 1 aromatic heterocycles. The van der Waals surface area contributed by atoms with Crippen molar-refractivity contribution < 1.29 is 19.4 Å². The number of amides is 1. The molecule has 2 N–H and O–H groups in total. The molecule has 1 saturated carbocycles. The van der Waals surface area contributed by atoms with Gasteiger partial charge in [-0.2, -0.15) is 0 Å². The van der Waals surface area contributed by atoms with Crippen LogP contribution in [0.2, 0.25) is 5.02 Å². The van der Waals surface area contributed by atoms with Crippen molar-refractivity contribution >= 4 is 24.0 Å². The van der Waals surface area contributed by atoms with Gasteiger partial charge in [0.2, 0.25) is 5.88 Å². The Morgan fingerprint density at radius 2 is 2.33 bits per heavy atom. The first-order chi connectivity index (χ1) is 10.0. The molecule has 0 aromatic carbocycles. The lowest BCUT2D eigenvalue weighted by Gasteiger charge is -2.16. The Labute approximate surface area is 126 Å². The summed E-state index contributed by atoms with van der Waals surface area (Å²) in [6, 6.07) is 0. The molecule has 1 fully saturated rings. The third-order valence-electron chi connectivity index (χ3n) is 4.03. The van der Waals surface area contributed by atoms with E-state index in [2.05, 4.69) is 10.3 Å². The van der Waals surface area contributed by atoms with Gasteiger partial charge in [-0.25, -0.2) is 9.78 Å². The fourth-order valence-electron chi connectivity index (χ4n) is 2.64. The Morgan fingerprint density at radius 1 is 1.57 bits per heavy atom. The number of halogens is 1. The number of hydrogen-bond donors (Lipinski definition) is 2. The number of aldehydes is 1. The number of carboxylic acid groups (broad SMARTS) is 1. The monoisotopic (exact) mass is 310 g/mol. The van der Waals surface area contributed by atoms with Crippen LogP contribution in [0.4, 0.5) is 4.79 Å². The van der Waals surface area contributed by atoms with E-state index < -0.39 is 11.6 Å². The molecule has 1 atom stereocenters. The number of pyridine rings is 1. The zero-order chi connectivity index (χ0) is 15.0. The molecule has 7 heteroatoms. The van der Waals surface area contributed by atoms with Crippen molar-refractivity contribution in [1.82, 2.24) is 10.3 Å². The summed E-state index contributed by atoms with van der Waals surface area (Å²) >= 11 is 6.29. The van der Waals surface area contributed by atoms with Crippen LogP contribution < -0.4 is 10.1 Å². The second-order valence-corrected chi connectivity index (χ2v) is 6.06. The maximum atomic E-state index is 10.9. The standard InChI is InChI=1S/C14H15ClN2O4/c15-11-10-4-8(6-18)3-9(10)5-16-12(11)21-7-14(1-2-14)17-13(19)20/h5-6,8,17H,1-4,7H2,(H,19,20). The van der Waals surface area contributed by atoms with E-state index in [4.69, 9.17) is 21.4 Å². The SMILES string of the molecule is O=CC1Cc2cnc(OCC3(NC(=O)O)CC3)c(Cl)c2C1. The number of nitrogens with zero attached hydrogens (tertiary/aromatic N) is 1.